The predicted octanol–water partition coefficient (Wildman–Crippen LogP) is 4.39. The number of hydrogen-bond donors (Lipinski definition) is 1. The quantitative estimate of drug-likeness (QED) is 0.508. The molecule has 2 heterocycles. The molecule has 0 radical (unpaired) electrons. The number of halogens is 4. The van der Waals surface area contributed by atoms with Gasteiger partial charge in [0.2, 0.25) is 17.7 Å². The molecular formula is C22H16ClF3N4O5. The minimum Gasteiger partial charge on any atom is -0.481 e. The summed E-state index contributed by atoms with van der Waals surface area (Å²) >= 11 is 5.92. The van der Waals surface area contributed by atoms with Crippen LogP contribution in [0.1, 0.15) is 17.0 Å². The molecule has 1 unspecified atom stereocenters. The second kappa shape index (κ2) is 9.02. The summed E-state index contributed by atoms with van der Waals surface area (Å²) in [5, 5.41) is 16.5. The summed E-state index contributed by atoms with van der Waals surface area (Å²) < 4.78 is 45.0. The first kappa shape index (κ1) is 24.2. The van der Waals surface area contributed by atoms with Crippen molar-refractivity contribution in [1.29, 1.82) is 0 Å². The van der Waals surface area contributed by atoms with Crippen LogP contribution < -0.4 is 4.90 Å². The van der Waals surface area contributed by atoms with Crippen molar-refractivity contribution >= 4 is 35.2 Å². The molecule has 3 amide bonds. The van der Waals surface area contributed by atoms with Crippen molar-refractivity contribution in [2.75, 3.05) is 11.4 Å². The number of carbonyl (C=O) groups is 3. The van der Waals surface area contributed by atoms with Crippen LogP contribution in [0.5, 0.6) is 0 Å². The number of benzene rings is 2. The summed E-state index contributed by atoms with van der Waals surface area (Å²) in [6, 6.07) is 8.31. The molecule has 1 aromatic heterocycles. The molecule has 9 nitrogen and oxygen atoms in total. The first-order valence-corrected chi connectivity index (χ1v) is 10.5. The van der Waals surface area contributed by atoms with Gasteiger partial charge in [0.1, 0.15) is 0 Å². The van der Waals surface area contributed by atoms with E-state index < -0.39 is 53.7 Å². The zero-order chi connectivity index (χ0) is 25.5. The topological polar surface area (TPSA) is 117 Å². The third kappa shape index (κ3) is 4.69. The van der Waals surface area contributed by atoms with Crippen molar-refractivity contribution in [3.63, 3.8) is 0 Å². The van der Waals surface area contributed by atoms with Gasteiger partial charge in [0.15, 0.2) is 5.92 Å². The molecule has 0 spiro atoms. The molecule has 1 N–H and O–H groups in total. The number of carboxylic acid groups (broad SMARTS) is 1. The van der Waals surface area contributed by atoms with Gasteiger partial charge >= 0.3 is 18.2 Å². The summed E-state index contributed by atoms with van der Waals surface area (Å²) in [5.41, 5.74) is -0.491. The first-order chi connectivity index (χ1) is 16.5. The summed E-state index contributed by atoms with van der Waals surface area (Å²) in [5.74, 6) is -3.58. The summed E-state index contributed by atoms with van der Waals surface area (Å²) in [6.45, 7) is 0.518. The molecule has 4 rings (SSSR count). The number of aryl methyl sites for hydroxylation is 1. The van der Waals surface area contributed by atoms with Crippen molar-refractivity contribution in [3.05, 3.63) is 64.5 Å². The fraction of sp³-hybridized carbons (Fsp3) is 0.227. The Labute approximate surface area is 200 Å². The van der Waals surface area contributed by atoms with E-state index in [1.165, 1.54) is 18.2 Å². The molecule has 2 aromatic carbocycles. The highest BCUT2D eigenvalue weighted by Crippen LogP contribution is 2.37. The number of nitrogens with zero attached hydrogens (tertiary/aromatic N) is 4. The number of urea groups is 1. The maximum absolute atomic E-state index is 13.2. The molecular weight excluding hydrogens is 493 g/mol. The minimum absolute atomic E-state index is 0.156. The zero-order valence-electron chi connectivity index (χ0n) is 17.9. The summed E-state index contributed by atoms with van der Waals surface area (Å²) in [6.07, 6.45) is -4.75. The number of aliphatic carboxylic acids is 1. The molecule has 1 fully saturated rings. The van der Waals surface area contributed by atoms with E-state index in [-0.39, 0.29) is 17.1 Å². The predicted molar refractivity (Wildman–Crippen MR) is 115 cm³/mol. The average Bonchev–Trinajstić information content (AvgIpc) is 3.23. The Morgan fingerprint density at radius 3 is 2.43 bits per heavy atom. The van der Waals surface area contributed by atoms with Gasteiger partial charge in [-0.2, -0.15) is 13.2 Å². The SMILES string of the molecule is Cc1nnc(-c2ccc(N3CC(C(=O)O)C(=O)N(Cc4cccc(C(F)(F)F)c4Cl)C3=O)cc2)o1. The normalized spacial score (nSPS) is 16.7. The molecule has 0 bridgehead atoms. The highest BCUT2D eigenvalue weighted by molar-refractivity contribution is 6.32. The maximum atomic E-state index is 13.2. The fourth-order valence-electron chi connectivity index (χ4n) is 3.60. The molecule has 1 atom stereocenters. The number of imide groups is 1. The Hall–Kier alpha value is -3.93. The Morgan fingerprint density at radius 1 is 1.17 bits per heavy atom. The largest absolute Gasteiger partial charge is 0.481 e. The molecule has 13 heteroatoms. The van der Waals surface area contributed by atoms with Crippen LogP contribution in [-0.2, 0) is 22.3 Å². The van der Waals surface area contributed by atoms with Crippen molar-refractivity contribution < 1.29 is 37.1 Å². The van der Waals surface area contributed by atoms with Gasteiger partial charge in [0.25, 0.3) is 0 Å². The molecule has 0 aliphatic carbocycles. The van der Waals surface area contributed by atoms with Crippen LogP contribution in [0.2, 0.25) is 5.02 Å². The van der Waals surface area contributed by atoms with Crippen LogP contribution in [0.4, 0.5) is 23.7 Å². The van der Waals surface area contributed by atoms with E-state index in [2.05, 4.69) is 10.2 Å². The lowest BCUT2D eigenvalue weighted by Crippen LogP contribution is -2.58. The minimum atomic E-state index is -4.75. The van der Waals surface area contributed by atoms with E-state index in [9.17, 15) is 32.7 Å². The molecule has 1 aliphatic rings. The number of carbonyl (C=O) groups excluding carboxylic acids is 2. The summed E-state index contributed by atoms with van der Waals surface area (Å²) in [7, 11) is 0. The van der Waals surface area contributed by atoms with Gasteiger partial charge in [-0.15, -0.1) is 10.2 Å². The average molecular weight is 509 g/mol. The molecule has 1 aliphatic heterocycles. The van der Waals surface area contributed by atoms with Gasteiger partial charge in [0.05, 0.1) is 17.1 Å². The molecule has 35 heavy (non-hydrogen) atoms. The number of aromatic nitrogens is 2. The second-order valence-electron chi connectivity index (χ2n) is 7.66. The number of alkyl halides is 3. The van der Waals surface area contributed by atoms with E-state index >= 15 is 0 Å². The monoisotopic (exact) mass is 508 g/mol. The van der Waals surface area contributed by atoms with E-state index in [1.54, 1.807) is 19.1 Å². The van der Waals surface area contributed by atoms with Gasteiger partial charge in [-0.3, -0.25) is 19.4 Å². The number of hydrogen-bond acceptors (Lipinski definition) is 6. The van der Waals surface area contributed by atoms with Gasteiger partial charge in [-0.1, -0.05) is 23.7 Å². The van der Waals surface area contributed by atoms with Crippen molar-refractivity contribution in [1.82, 2.24) is 15.1 Å². The van der Waals surface area contributed by atoms with Crippen molar-refractivity contribution in [3.8, 4) is 11.5 Å². The van der Waals surface area contributed by atoms with Crippen LogP contribution >= 0.6 is 11.6 Å². The Bertz CT molecular complexity index is 1310. The van der Waals surface area contributed by atoms with Gasteiger partial charge in [0, 0.05) is 24.7 Å². The van der Waals surface area contributed by atoms with Crippen LogP contribution in [0.15, 0.2) is 46.9 Å². The lowest BCUT2D eigenvalue weighted by atomic mass is 10.0. The smallest absolute Gasteiger partial charge is 0.417 e. The fourth-order valence-corrected chi connectivity index (χ4v) is 3.89. The van der Waals surface area contributed by atoms with E-state index in [0.29, 0.717) is 16.4 Å². The van der Waals surface area contributed by atoms with Crippen LogP contribution in [0.3, 0.4) is 0 Å². The third-order valence-electron chi connectivity index (χ3n) is 5.35. The lowest BCUT2D eigenvalue weighted by Gasteiger charge is -2.37. The van der Waals surface area contributed by atoms with Crippen molar-refractivity contribution in [2.45, 2.75) is 19.6 Å². The number of anilines is 1. The van der Waals surface area contributed by atoms with Gasteiger partial charge in [-0.05, 0) is 35.9 Å². The van der Waals surface area contributed by atoms with Crippen LogP contribution in [0, 0.1) is 12.8 Å². The Balaban J connectivity index is 1.67. The van der Waals surface area contributed by atoms with E-state index in [0.717, 1.165) is 17.0 Å². The molecule has 182 valence electrons. The van der Waals surface area contributed by atoms with Crippen LogP contribution in [0.25, 0.3) is 11.5 Å². The second-order valence-corrected chi connectivity index (χ2v) is 8.04. The number of rotatable bonds is 5. The Kier molecular flexibility index (Phi) is 6.24. The van der Waals surface area contributed by atoms with Crippen molar-refractivity contribution in [2.24, 2.45) is 5.92 Å². The standard InChI is InChI=1S/C22H16ClF3N4O5/c1-11-27-28-18(35-11)12-5-7-14(8-6-12)29-10-15(20(32)33)19(31)30(21(29)34)9-13-3-2-4-16(17(13)23)22(24,25)26/h2-8,15H,9-10H2,1H3,(H,32,33). The number of amides is 3. The van der Waals surface area contributed by atoms with Crippen LogP contribution in [-0.4, -0.2) is 44.7 Å². The van der Waals surface area contributed by atoms with Gasteiger partial charge < -0.3 is 9.52 Å². The third-order valence-corrected chi connectivity index (χ3v) is 5.80. The Morgan fingerprint density at radius 2 is 1.86 bits per heavy atom. The van der Waals surface area contributed by atoms with E-state index in [1.807, 2.05) is 0 Å². The number of carboxylic acids is 1. The van der Waals surface area contributed by atoms with Gasteiger partial charge in [-0.25, -0.2) is 4.79 Å². The molecule has 3 aromatic rings. The van der Waals surface area contributed by atoms with E-state index in [4.69, 9.17) is 16.0 Å². The summed E-state index contributed by atoms with van der Waals surface area (Å²) in [4.78, 5) is 39.4. The molecule has 1 saturated heterocycles. The maximum Gasteiger partial charge on any atom is 0.417 e. The highest BCUT2D eigenvalue weighted by atomic mass is 35.5. The molecule has 0 saturated carbocycles. The lowest BCUT2D eigenvalue weighted by molar-refractivity contribution is -0.150. The zero-order valence-corrected chi connectivity index (χ0v) is 18.7. The first-order valence-electron chi connectivity index (χ1n) is 10.1. The highest BCUT2D eigenvalue weighted by Gasteiger charge is 2.44.